The predicted octanol–water partition coefficient (Wildman–Crippen LogP) is 2.37. The number of anilines is 1. The third kappa shape index (κ3) is 4.23. The van der Waals surface area contributed by atoms with Crippen LogP contribution in [-0.2, 0) is 9.59 Å². The Morgan fingerprint density at radius 3 is 2.28 bits per heavy atom. The van der Waals surface area contributed by atoms with E-state index in [4.69, 9.17) is 0 Å². The SMILES string of the molecule is CC1(CC(=O)N2CCC(c3ccc(N4CCCCC4)cc3)CC2)NC(=O)NC1=O. The quantitative estimate of drug-likeness (QED) is 0.763. The minimum atomic E-state index is -1.14. The largest absolute Gasteiger partial charge is 0.372 e. The number of hydrogen-bond acceptors (Lipinski definition) is 4. The molecule has 1 aromatic carbocycles. The number of urea groups is 1. The lowest BCUT2D eigenvalue weighted by molar-refractivity contribution is -0.137. The van der Waals surface area contributed by atoms with Crippen LogP contribution in [0.1, 0.15) is 56.9 Å². The van der Waals surface area contributed by atoms with Crippen LogP contribution in [0.5, 0.6) is 0 Å². The summed E-state index contributed by atoms with van der Waals surface area (Å²) in [7, 11) is 0. The first-order chi connectivity index (χ1) is 13.9. The van der Waals surface area contributed by atoms with Crippen molar-refractivity contribution < 1.29 is 14.4 Å². The fourth-order valence-corrected chi connectivity index (χ4v) is 4.69. The first-order valence-electron chi connectivity index (χ1n) is 10.7. The summed E-state index contributed by atoms with van der Waals surface area (Å²) in [4.78, 5) is 40.3. The number of carbonyl (C=O) groups is 3. The van der Waals surface area contributed by atoms with Crippen molar-refractivity contribution in [3.05, 3.63) is 29.8 Å². The average Bonchev–Trinajstić information content (AvgIpc) is 2.99. The number of nitrogens with one attached hydrogen (secondary N) is 2. The Kier molecular flexibility index (Phi) is 5.48. The maximum absolute atomic E-state index is 12.7. The monoisotopic (exact) mass is 398 g/mol. The molecule has 7 nitrogen and oxygen atoms in total. The van der Waals surface area contributed by atoms with E-state index in [1.54, 1.807) is 6.92 Å². The summed E-state index contributed by atoms with van der Waals surface area (Å²) >= 11 is 0. The van der Waals surface area contributed by atoms with E-state index in [0.29, 0.717) is 19.0 Å². The van der Waals surface area contributed by atoms with Gasteiger partial charge < -0.3 is 15.1 Å². The first kappa shape index (κ1) is 19.7. The molecule has 3 saturated heterocycles. The van der Waals surface area contributed by atoms with Crippen molar-refractivity contribution in [2.45, 2.75) is 56.9 Å². The van der Waals surface area contributed by atoms with Crippen molar-refractivity contribution in [1.82, 2.24) is 15.5 Å². The standard InChI is InChI=1S/C22H30N4O3/c1-22(20(28)23-21(29)24-22)15-19(27)26-13-9-17(10-14-26)16-5-7-18(8-6-16)25-11-3-2-4-12-25/h5-8,17H,2-4,9-15H2,1H3,(H2,23,24,28,29). The number of imide groups is 1. The molecule has 156 valence electrons. The molecule has 1 aromatic rings. The lowest BCUT2D eigenvalue weighted by Gasteiger charge is -2.34. The predicted molar refractivity (Wildman–Crippen MR) is 111 cm³/mol. The molecular formula is C22H30N4O3. The molecule has 0 aromatic heterocycles. The van der Waals surface area contributed by atoms with Crippen molar-refractivity contribution >= 4 is 23.5 Å². The summed E-state index contributed by atoms with van der Waals surface area (Å²) in [6.45, 7) is 5.27. The molecule has 2 N–H and O–H groups in total. The molecule has 4 rings (SSSR count). The molecule has 0 saturated carbocycles. The van der Waals surface area contributed by atoms with E-state index < -0.39 is 17.5 Å². The minimum Gasteiger partial charge on any atom is -0.372 e. The maximum atomic E-state index is 12.7. The van der Waals surface area contributed by atoms with Gasteiger partial charge in [-0.25, -0.2) is 4.79 Å². The molecule has 0 bridgehead atoms. The Morgan fingerprint density at radius 2 is 1.69 bits per heavy atom. The molecule has 4 amide bonds. The number of hydrogen-bond donors (Lipinski definition) is 2. The third-order valence-corrected chi connectivity index (χ3v) is 6.56. The van der Waals surface area contributed by atoms with Gasteiger partial charge in [0.15, 0.2) is 0 Å². The third-order valence-electron chi connectivity index (χ3n) is 6.56. The lowest BCUT2D eigenvalue weighted by atomic mass is 9.88. The fourth-order valence-electron chi connectivity index (χ4n) is 4.69. The smallest absolute Gasteiger partial charge is 0.322 e. The Morgan fingerprint density at radius 1 is 1.03 bits per heavy atom. The van der Waals surface area contributed by atoms with Crippen LogP contribution in [0, 0.1) is 0 Å². The van der Waals surface area contributed by atoms with Crippen LogP contribution in [0.25, 0.3) is 0 Å². The zero-order valence-electron chi connectivity index (χ0n) is 17.1. The Bertz CT molecular complexity index is 780. The molecule has 29 heavy (non-hydrogen) atoms. The van der Waals surface area contributed by atoms with Crippen LogP contribution in [-0.4, -0.2) is 54.5 Å². The Balaban J connectivity index is 1.30. The summed E-state index contributed by atoms with van der Waals surface area (Å²) in [5, 5.41) is 4.78. The average molecular weight is 399 g/mol. The molecule has 0 radical (unpaired) electrons. The number of likely N-dealkylation sites (tertiary alicyclic amines) is 1. The molecule has 1 unspecified atom stereocenters. The second kappa shape index (κ2) is 8.05. The Labute approximate surface area is 171 Å². The van der Waals surface area contributed by atoms with Crippen LogP contribution in [0.15, 0.2) is 24.3 Å². The zero-order valence-corrected chi connectivity index (χ0v) is 17.1. The minimum absolute atomic E-state index is 0.000226. The number of piperidine rings is 2. The molecule has 3 aliphatic heterocycles. The molecule has 3 heterocycles. The summed E-state index contributed by atoms with van der Waals surface area (Å²) < 4.78 is 0. The molecular weight excluding hydrogens is 368 g/mol. The van der Waals surface area contributed by atoms with Crippen molar-refractivity contribution in [2.75, 3.05) is 31.1 Å². The van der Waals surface area contributed by atoms with Gasteiger partial charge in [0, 0.05) is 31.9 Å². The van der Waals surface area contributed by atoms with Crippen LogP contribution in [0.4, 0.5) is 10.5 Å². The van der Waals surface area contributed by atoms with Crippen molar-refractivity contribution in [3.8, 4) is 0 Å². The second-order valence-corrected chi connectivity index (χ2v) is 8.71. The van der Waals surface area contributed by atoms with Gasteiger partial charge in [0.05, 0.1) is 6.42 Å². The Hall–Kier alpha value is -2.57. The number of benzene rings is 1. The second-order valence-electron chi connectivity index (χ2n) is 8.71. The number of amides is 4. The highest BCUT2D eigenvalue weighted by Crippen LogP contribution is 2.31. The zero-order chi connectivity index (χ0) is 20.4. The normalized spacial score (nSPS) is 25.7. The number of carbonyl (C=O) groups excluding carboxylic acids is 3. The molecule has 3 fully saturated rings. The van der Waals surface area contributed by atoms with Crippen molar-refractivity contribution in [3.63, 3.8) is 0 Å². The van der Waals surface area contributed by atoms with Crippen LogP contribution in [0.2, 0.25) is 0 Å². The topological polar surface area (TPSA) is 81.8 Å². The molecule has 7 heteroatoms. The van der Waals surface area contributed by atoms with E-state index >= 15 is 0 Å². The number of rotatable bonds is 4. The summed E-state index contributed by atoms with van der Waals surface area (Å²) in [5.41, 5.74) is 1.51. The van der Waals surface area contributed by atoms with Gasteiger partial charge in [0.1, 0.15) is 5.54 Å². The van der Waals surface area contributed by atoms with E-state index in [1.807, 2.05) is 4.90 Å². The highest BCUT2D eigenvalue weighted by atomic mass is 16.2. The summed E-state index contributed by atoms with van der Waals surface area (Å²) in [6, 6.07) is 8.43. The van der Waals surface area contributed by atoms with Gasteiger partial charge in [0.2, 0.25) is 5.91 Å². The van der Waals surface area contributed by atoms with E-state index in [-0.39, 0.29) is 12.3 Å². The highest BCUT2D eigenvalue weighted by Gasteiger charge is 2.44. The van der Waals surface area contributed by atoms with Gasteiger partial charge in [-0.2, -0.15) is 0 Å². The molecule has 0 aliphatic carbocycles. The first-order valence-corrected chi connectivity index (χ1v) is 10.7. The van der Waals surface area contributed by atoms with Gasteiger partial charge in [-0.05, 0) is 62.6 Å². The van der Waals surface area contributed by atoms with E-state index in [2.05, 4.69) is 39.8 Å². The van der Waals surface area contributed by atoms with Crippen LogP contribution in [0.3, 0.4) is 0 Å². The van der Waals surface area contributed by atoms with Gasteiger partial charge in [-0.15, -0.1) is 0 Å². The van der Waals surface area contributed by atoms with Gasteiger partial charge in [-0.3, -0.25) is 14.9 Å². The summed E-state index contributed by atoms with van der Waals surface area (Å²) in [5.74, 6) is -0.0530. The molecule has 1 atom stereocenters. The number of nitrogens with zero attached hydrogens (tertiary/aromatic N) is 2. The van der Waals surface area contributed by atoms with Crippen molar-refractivity contribution in [2.24, 2.45) is 0 Å². The van der Waals surface area contributed by atoms with Gasteiger partial charge in [-0.1, -0.05) is 12.1 Å². The van der Waals surface area contributed by atoms with E-state index in [9.17, 15) is 14.4 Å². The van der Waals surface area contributed by atoms with Gasteiger partial charge >= 0.3 is 6.03 Å². The van der Waals surface area contributed by atoms with Crippen LogP contribution >= 0.6 is 0 Å². The highest BCUT2D eigenvalue weighted by molar-refractivity contribution is 6.08. The van der Waals surface area contributed by atoms with E-state index in [0.717, 1.165) is 25.9 Å². The van der Waals surface area contributed by atoms with Crippen molar-refractivity contribution in [1.29, 1.82) is 0 Å². The van der Waals surface area contributed by atoms with Crippen LogP contribution < -0.4 is 15.5 Å². The molecule has 0 spiro atoms. The fraction of sp³-hybridized carbons (Fsp3) is 0.591. The van der Waals surface area contributed by atoms with Gasteiger partial charge in [0.25, 0.3) is 5.91 Å². The summed E-state index contributed by atoms with van der Waals surface area (Å²) in [6.07, 6.45) is 5.73. The maximum Gasteiger partial charge on any atom is 0.322 e. The molecule has 3 aliphatic rings. The lowest BCUT2D eigenvalue weighted by Crippen LogP contribution is -2.49. The van der Waals surface area contributed by atoms with E-state index in [1.165, 1.54) is 30.5 Å².